The van der Waals surface area contributed by atoms with Gasteiger partial charge in [0.2, 0.25) is 11.8 Å². The van der Waals surface area contributed by atoms with Crippen LogP contribution in [0.15, 0.2) is 54.6 Å². The molecule has 1 N–H and O–H groups in total. The molecule has 1 fully saturated rings. The lowest BCUT2D eigenvalue weighted by Crippen LogP contribution is -2.42. The summed E-state index contributed by atoms with van der Waals surface area (Å²) in [5, 5.41) is 2.86. The van der Waals surface area contributed by atoms with Gasteiger partial charge in [-0.25, -0.2) is 0 Å². The fourth-order valence-electron chi connectivity index (χ4n) is 2.81. The smallest absolute Gasteiger partial charge is 0.249 e. The molecule has 0 radical (unpaired) electrons. The lowest BCUT2D eigenvalue weighted by atomic mass is 10.1. The van der Waals surface area contributed by atoms with Crippen LogP contribution in [0.5, 0.6) is 0 Å². The molecule has 2 aromatic carbocycles. The summed E-state index contributed by atoms with van der Waals surface area (Å²) < 4.78 is 0. The summed E-state index contributed by atoms with van der Waals surface area (Å²) >= 11 is 0. The van der Waals surface area contributed by atoms with E-state index in [0.717, 1.165) is 11.3 Å². The van der Waals surface area contributed by atoms with Crippen LogP contribution < -0.4 is 10.2 Å². The first-order valence-corrected chi connectivity index (χ1v) is 7.85. The minimum Gasteiger partial charge on any atom is -0.344 e. The van der Waals surface area contributed by atoms with Crippen LogP contribution in [-0.4, -0.2) is 24.4 Å². The maximum atomic E-state index is 12.4. The molecule has 2 amide bonds. The van der Waals surface area contributed by atoms with Gasteiger partial charge in [-0.15, -0.1) is 0 Å². The van der Waals surface area contributed by atoms with E-state index in [0.29, 0.717) is 19.4 Å². The van der Waals surface area contributed by atoms with Gasteiger partial charge in [0.25, 0.3) is 0 Å². The summed E-state index contributed by atoms with van der Waals surface area (Å²) in [6.45, 7) is 2.65. The van der Waals surface area contributed by atoms with Crippen LogP contribution in [-0.2, 0) is 16.0 Å². The van der Waals surface area contributed by atoms with E-state index in [1.54, 1.807) is 4.90 Å². The standard InChI is InChI=1S/C19H20N2O2/c1-14-7-9-15(10-8-14)13-18(22)20-17-11-12-21(19(17)23)16-5-3-2-4-6-16/h2-10,17H,11-13H2,1H3,(H,20,22)/t17-/m1/s1. The van der Waals surface area contributed by atoms with Gasteiger partial charge in [0.05, 0.1) is 6.42 Å². The molecule has 4 nitrogen and oxygen atoms in total. The van der Waals surface area contributed by atoms with Gasteiger partial charge >= 0.3 is 0 Å². The molecule has 118 valence electrons. The Morgan fingerprint density at radius 1 is 1.13 bits per heavy atom. The second kappa shape index (κ2) is 6.65. The van der Waals surface area contributed by atoms with Crippen molar-refractivity contribution >= 4 is 17.5 Å². The monoisotopic (exact) mass is 308 g/mol. The minimum absolute atomic E-state index is 0.0338. The highest BCUT2D eigenvalue weighted by molar-refractivity contribution is 6.01. The molecule has 0 bridgehead atoms. The second-order valence-electron chi connectivity index (χ2n) is 5.90. The summed E-state index contributed by atoms with van der Waals surface area (Å²) in [4.78, 5) is 26.3. The molecule has 1 aliphatic heterocycles. The van der Waals surface area contributed by atoms with Gasteiger partial charge in [-0.2, -0.15) is 0 Å². The Bertz CT molecular complexity index is 695. The molecule has 0 unspecified atom stereocenters. The first-order chi connectivity index (χ1) is 11.1. The van der Waals surface area contributed by atoms with Gasteiger partial charge in [-0.1, -0.05) is 48.0 Å². The van der Waals surface area contributed by atoms with E-state index in [1.165, 1.54) is 5.56 Å². The zero-order valence-electron chi connectivity index (χ0n) is 13.2. The molecule has 1 atom stereocenters. The lowest BCUT2D eigenvalue weighted by Gasteiger charge is -2.17. The fraction of sp³-hybridized carbons (Fsp3) is 0.263. The van der Waals surface area contributed by atoms with Gasteiger partial charge in [0.1, 0.15) is 6.04 Å². The van der Waals surface area contributed by atoms with Gasteiger partial charge in [-0.3, -0.25) is 9.59 Å². The highest BCUT2D eigenvalue weighted by Gasteiger charge is 2.33. The second-order valence-corrected chi connectivity index (χ2v) is 5.90. The van der Waals surface area contributed by atoms with Crippen molar-refractivity contribution in [2.45, 2.75) is 25.8 Å². The normalized spacial score (nSPS) is 17.3. The molecule has 1 heterocycles. The average Bonchev–Trinajstić information content (AvgIpc) is 2.91. The SMILES string of the molecule is Cc1ccc(CC(=O)N[C@@H]2CCN(c3ccccc3)C2=O)cc1. The van der Waals surface area contributed by atoms with E-state index in [9.17, 15) is 9.59 Å². The Morgan fingerprint density at radius 3 is 2.52 bits per heavy atom. The van der Waals surface area contributed by atoms with E-state index < -0.39 is 6.04 Å². The quantitative estimate of drug-likeness (QED) is 0.943. The maximum absolute atomic E-state index is 12.4. The molecule has 23 heavy (non-hydrogen) atoms. The van der Waals surface area contributed by atoms with Crippen LogP contribution in [0.25, 0.3) is 0 Å². The Morgan fingerprint density at radius 2 is 1.83 bits per heavy atom. The molecular formula is C19H20N2O2. The molecule has 2 aromatic rings. The summed E-state index contributed by atoms with van der Waals surface area (Å²) in [6, 6.07) is 17.0. The van der Waals surface area contributed by atoms with Crippen molar-refractivity contribution in [3.8, 4) is 0 Å². The van der Waals surface area contributed by atoms with Crippen LogP contribution in [0.3, 0.4) is 0 Å². The Kier molecular flexibility index (Phi) is 4.42. The van der Waals surface area contributed by atoms with Gasteiger partial charge in [-0.05, 0) is 31.0 Å². The number of benzene rings is 2. The van der Waals surface area contributed by atoms with Crippen molar-refractivity contribution in [3.05, 3.63) is 65.7 Å². The number of rotatable bonds is 4. The van der Waals surface area contributed by atoms with E-state index >= 15 is 0 Å². The van der Waals surface area contributed by atoms with Gasteiger partial charge in [0.15, 0.2) is 0 Å². The Hall–Kier alpha value is -2.62. The number of hydrogen-bond donors (Lipinski definition) is 1. The van der Waals surface area contributed by atoms with Crippen LogP contribution in [0.2, 0.25) is 0 Å². The molecule has 0 spiro atoms. The average molecular weight is 308 g/mol. The topological polar surface area (TPSA) is 49.4 Å². The maximum Gasteiger partial charge on any atom is 0.249 e. The predicted octanol–water partition coefficient (Wildman–Crippen LogP) is 2.46. The van der Waals surface area contributed by atoms with Crippen LogP contribution >= 0.6 is 0 Å². The number of para-hydroxylation sites is 1. The van der Waals surface area contributed by atoms with Crippen molar-refractivity contribution in [3.63, 3.8) is 0 Å². The van der Waals surface area contributed by atoms with Crippen LogP contribution in [0, 0.1) is 6.92 Å². The molecule has 1 aliphatic rings. The molecule has 0 saturated carbocycles. The highest BCUT2D eigenvalue weighted by Crippen LogP contribution is 2.21. The number of carbonyl (C=O) groups is 2. The van der Waals surface area contributed by atoms with Crippen LogP contribution in [0.4, 0.5) is 5.69 Å². The van der Waals surface area contributed by atoms with Crippen molar-refractivity contribution in [1.82, 2.24) is 5.32 Å². The third kappa shape index (κ3) is 3.59. The van der Waals surface area contributed by atoms with Crippen molar-refractivity contribution in [1.29, 1.82) is 0 Å². The van der Waals surface area contributed by atoms with E-state index in [4.69, 9.17) is 0 Å². The van der Waals surface area contributed by atoms with E-state index in [2.05, 4.69) is 5.32 Å². The molecule has 0 aromatic heterocycles. The molecule has 4 heteroatoms. The Balaban J connectivity index is 1.59. The molecule has 3 rings (SSSR count). The third-order valence-corrected chi connectivity index (χ3v) is 4.09. The number of anilines is 1. The minimum atomic E-state index is -0.423. The van der Waals surface area contributed by atoms with E-state index in [-0.39, 0.29) is 11.8 Å². The zero-order chi connectivity index (χ0) is 16.2. The summed E-state index contributed by atoms with van der Waals surface area (Å²) in [5.74, 6) is -0.143. The number of hydrogen-bond acceptors (Lipinski definition) is 2. The fourth-order valence-corrected chi connectivity index (χ4v) is 2.81. The van der Waals surface area contributed by atoms with Crippen molar-refractivity contribution < 1.29 is 9.59 Å². The number of amides is 2. The molecule has 0 aliphatic carbocycles. The zero-order valence-corrected chi connectivity index (χ0v) is 13.2. The number of carbonyl (C=O) groups excluding carboxylic acids is 2. The van der Waals surface area contributed by atoms with Gasteiger partial charge < -0.3 is 10.2 Å². The third-order valence-electron chi connectivity index (χ3n) is 4.09. The summed E-state index contributed by atoms with van der Waals surface area (Å²) in [5.41, 5.74) is 3.00. The largest absolute Gasteiger partial charge is 0.344 e. The van der Waals surface area contributed by atoms with Crippen molar-refractivity contribution in [2.75, 3.05) is 11.4 Å². The summed E-state index contributed by atoms with van der Waals surface area (Å²) in [7, 11) is 0. The number of nitrogens with zero attached hydrogens (tertiary/aromatic N) is 1. The van der Waals surface area contributed by atoms with Gasteiger partial charge in [0, 0.05) is 12.2 Å². The predicted molar refractivity (Wildman–Crippen MR) is 90.2 cm³/mol. The highest BCUT2D eigenvalue weighted by atomic mass is 16.2. The molecular weight excluding hydrogens is 288 g/mol. The first kappa shape index (κ1) is 15.3. The first-order valence-electron chi connectivity index (χ1n) is 7.85. The van der Waals surface area contributed by atoms with Crippen LogP contribution in [0.1, 0.15) is 17.5 Å². The number of nitrogens with one attached hydrogen (secondary N) is 1. The van der Waals surface area contributed by atoms with Crippen molar-refractivity contribution in [2.24, 2.45) is 0 Å². The Labute approximate surface area is 136 Å². The van der Waals surface area contributed by atoms with E-state index in [1.807, 2.05) is 61.5 Å². The lowest BCUT2D eigenvalue weighted by molar-refractivity contribution is -0.126. The summed E-state index contributed by atoms with van der Waals surface area (Å²) in [6.07, 6.45) is 0.947. The molecule has 1 saturated heterocycles. The number of aryl methyl sites for hydroxylation is 1.